The Kier molecular flexibility index (Phi) is 8.63. The highest BCUT2D eigenvalue weighted by Crippen LogP contribution is 2.44. The third kappa shape index (κ3) is 5.81. The zero-order chi connectivity index (χ0) is 29.1. The van der Waals surface area contributed by atoms with Crippen LogP contribution in [0, 0.1) is 5.82 Å². The van der Waals surface area contributed by atoms with Gasteiger partial charge in [0.2, 0.25) is 0 Å². The number of halogens is 1. The molecule has 11 nitrogen and oxygen atoms in total. The molecule has 216 valence electrons. The largest absolute Gasteiger partial charge is 0.505 e. The Hall–Kier alpha value is -3.86. The summed E-state index contributed by atoms with van der Waals surface area (Å²) < 4.78 is 30.2. The molecule has 1 fully saturated rings. The number of carbonyl (C=O) groups excluding carboxylic acids is 3. The van der Waals surface area contributed by atoms with Crippen LogP contribution >= 0.6 is 8.38 Å². The maximum Gasteiger partial charge on any atom is 0.415 e. The Morgan fingerprint density at radius 3 is 2.34 bits per heavy atom. The van der Waals surface area contributed by atoms with Crippen LogP contribution in [0.15, 0.2) is 42.6 Å². The van der Waals surface area contributed by atoms with Crippen LogP contribution in [0.3, 0.4) is 0 Å². The van der Waals surface area contributed by atoms with E-state index in [0.29, 0.717) is 29.7 Å². The first-order valence-corrected chi connectivity index (χ1v) is 14.5. The van der Waals surface area contributed by atoms with Gasteiger partial charge < -0.3 is 33.6 Å². The Morgan fingerprint density at radius 2 is 1.68 bits per heavy atom. The number of amides is 3. The van der Waals surface area contributed by atoms with Crippen LogP contribution in [0.1, 0.15) is 35.3 Å². The average Bonchev–Trinajstić information content (AvgIpc) is 3.31. The van der Waals surface area contributed by atoms with Crippen molar-refractivity contribution in [2.24, 2.45) is 0 Å². The van der Waals surface area contributed by atoms with Crippen molar-refractivity contribution in [1.82, 2.24) is 19.7 Å². The van der Waals surface area contributed by atoms with Crippen molar-refractivity contribution in [2.45, 2.75) is 26.9 Å². The molecule has 1 aromatic heterocycles. The summed E-state index contributed by atoms with van der Waals surface area (Å²) in [4.78, 5) is 48.4. The van der Waals surface area contributed by atoms with E-state index >= 15 is 0 Å². The third-order valence-corrected chi connectivity index (χ3v) is 8.45. The summed E-state index contributed by atoms with van der Waals surface area (Å²) in [5, 5.41) is 11.4. The van der Waals surface area contributed by atoms with Gasteiger partial charge in [0.25, 0.3) is 14.3 Å². The molecule has 0 atom stereocenters. The van der Waals surface area contributed by atoms with Crippen molar-refractivity contribution in [1.29, 1.82) is 0 Å². The first-order chi connectivity index (χ1) is 19.8. The van der Waals surface area contributed by atoms with Crippen LogP contribution < -0.4 is 4.74 Å². The molecule has 5 rings (SSSR count). The van der Waals surface area contributed by atoms with Crippen molar-refractivity contribution >= 4 is 36.9 Å². The Balaban J connectivity index is 1.35. The van der Waals surface area contributed by atoms with Crippen LogP contribution in [0.5, 0.6) is 11.5 Å². The number of pyridine rings is 1. The number of rotatable bonds is 8. The molecule has 3 aromatic rings. The molecule has 0 bridgehead atoms. The number of benzene rings is 2. The molecule has 3 amide bonds. The summed E-state index contributed by atoms with van der Waals surface area (Å²) in [7, 11) is -1.70. The van der Waals surface area contributed by atoms with E-state index in [1.807, 2.05) is 0 Å². The van der Waals surface area contributed by atoms with Gasteiger partial charge in [0, 0.05) is 49.9 Å². The molecular formula is C28H30FN4O7P. The van der Waals surface area contributed by atoms with Gasteiger partial charge in [-0.15, -0.1) is 0 Å². The van der Waals surface area contributed by atoms with Gasteiger partial charge in [-0.1, -0.05) is 12.1 Å². The number of ether oxygens (including phenoxy) is 1. The second-order valence-electron chi connectivity index (χ2n) is 9.44. The van der Waals surface area contributed by atoms with Crippen molar-refractivity contribution in [3.05, 3.63) is 65.1 Å². The van der Waals surface area contributed by atoms with Gasteiger partial charge in [0.15, 0.2) is 5.75 Å². The summed E-state index contributed by atoms with van der Waals surface area (Å²) in [5.41, 5.74) is 1.01. The zero-order valence-corrected chi connectivity index (χ0v) is 23.6. The maximum atomic E-state index is 13.4. The van der Waals surface area contributed by atoms with E-state index in [2.05, 4.69) is 4.98 Å². The normalized spacial score (nSPS) is 15.1. The van der Waals surface area contributed by atoms with Gasteiger partial charge in [0.05, 0.1) is 25.3 Å². The monoisotopic (exact) mass is 584 g/mol. The molecule has 1 N–H and O–H groups in total. The molecule has 41 heavy (non-hydrogen) atoms. The number of hydrogen-bond donors (Lipinski definition) is 1. The second kappa shape index (κ2) is 12.3. The van der Waals surface area contributed by atoms with Crippen molar-refractivity contribution in [3.63, 3.8) is 0 Å². The topological polar surface area (TPSA) is 122 Å². The number of piperazine rings is 1. The average molecular weight is 585 g/mol. The zero-order valence-electron chi connectivity index (χ0n) is 22.7. The molecule has 0 radical (unpaired) electrons. The highest BCUT2D eigenvalue weighted by Gasteiger charge is 2.37. The van der Waals surface area contributed by atoms with Gasteiger partial charge in [0.1, 0.15) is 17.1 Å². The number of nitrogens with zero attached hydrogens (tertiary/aromatic N) is 4. The lowest BCUT2D eigenvalue weighted by Crippen LogP contribution is -2.50. The number of aromatic nitrogens is 1. The van der Waals surface area contributed by atoms with Crippen LogP contribution in [0.25, 0.3) is 10.9 Å². The Bertz CT molecular complexity index is 1460. The van der Waals surface area contributed by atoms with Crippen LogP contribution in [0.4, 0.5) is 14.0 Å². The molecule has 0 unspecified atom stereocenters. The van der Waals surface area contributed by atoms with Gasteiger partial charge >= 0.3 is 11.7 Å². The van der Waals surface area contributed by atoms with Crippen LogP contribution in [-0.4, -0.2) is 81.8 Å². The number of phenols is 1. The van der Waals surface area contributed by atoms with Gasteiger partial charge in [-0.3, -0.25) is 14.6 Å². The maximum absolute atomic E-state index is 13.4. The molecule has 1 saturated heterocycles. The fraction of sp³-hybridized carbons (Fsp3) is 0.357. The number of aromatic hydroxyl groups is 1. The highest BCUT2D eigenvalue weighted by molar-refractivity contribution is 7.65. The third-order valence-electron chi connectivity index (χ3n) is 6.87. The predicted molar refractivity (Wildman–Crippen MR) is 148 cm³/mol. The predicted octanol–water partition coefficient (Wildman–Crippen LogP) is 4.86. The molecule has 0 spiro atoms. The lowest BCUT2D eigenvalue weighted by Gasteiger charge is -2.35. The number of carbonyl (C=O) groups is 3. The van der Waals surface area contributed by atoms with Gasteiger partial charge in [-0.05, 0) is 43.7 Å². The van der Waals surface area contributed by atoms with E-state index < -0.39 is 20.4 Å². The van der Waals surface area contributed by atoms with E-state index in [1.165, 1.54) is 28.1 Å². The minimum Gasteiger partial charge on any atom is -0.505 e. The van der Waals surface area contributed by atoms with E-state index in [4.69, 9.17) is 13.8 Å². The fourth-order valence-electron chi connectivity index (χ4n) is 4.90. The molecule has 2 aliphatic heterocycles. The quantitative estimate of drug-likeness (QED) is 0.373. The minimum absolute atomic E-state index is 0.0248. The lowest BCUT2D eigenvalue weighted by atomic mass is 10.0. The van der Waals surface area contributed by atoms with E-state index in [0.717, 1.165) is 0 Å². The van der Waals surface area contributed by atoms with Crippen molar-refractivity contribution in [2.75, 3.05) is 39.4 Å². The molecule has 3 heterocycles. The Labute approximate surface area is 237 Å². The summed E-state index contributed by atoms with van der Waals surface area (Å²) in [6.07, 6.45) is 0.835. The standard InChI is InChI=1S/C28H30FN4O7P/c1-3-38-41(39-4-2)28(37)32-14-12-31(13-15-32)27(36)40-25-20-6-5-11-30-23(20)24(34)22-21(25)17-33(26(22)35)16-18-7-9-19(29)10-8-18/h5-11,34H,3-4,12-17H2,1-2H3. The van der Waals surface area contributed by atoms with Crippen molar-refractivity contribution in [3.8, 4) is 11.5 Å². The molecule has 2 aromatic carbocycles. The van der Waals surface area contributed by atoms with Gasteiger partial charge in [-0.25, -0.2) is 9.18 Å². The van der Waals surface area contributed by atoms with E-state index in [-0.39, 0.29) is 73.3 Å². The van der Waals surface area contributed by atoms with Crippen LogP contribution in [-0.2, 0) is 22.1 Å². The summed E-state index contributed by atoms with van der Waals surface area (Å²) >= 11 is 0. The number of hydrogen-bond acceptors (Lipinski definition) is 8. The number of fused-ring (bicyclic) bond motifs is 2. The molecule has 0 saturated carbocycles. The van der Waals surface area contributed by atoms with Crippen LogP contribution in [0.2, 0.25) is 0 Å². The van der Waals surface area contributed by atoms with E-state index in [1.54, 1.807) is 43.0 Å². The molecule has 0 aliphatic carbocycles. The molecular weight excluding hydrogens is 554 g/mol. The Morgan fingerprint density at radius 1 is 1.02 bits per heavy atom. The smallest absolute Gasteiger partial charge is 0.415 e. The fourth-order valence-corrected chi connectivity index (χ4v) is 6.10. The minimum atomic E-state index is -1.70. The summed E-state index contributed by atoms with van der Waals surface area (Å²) in [5.74, 6) is -0.966. The van der Waals surface area contributed by atoms with E-state index in [9.17, 15) is 23.9 Å². The van der Waals surface area contributed by atoms with Crippen molar-refractivity contribution < 1.29 is 37.7 Å². The SMILES string of the molecule is CCOP(OCC)C(=O)N1CCN(C(=O)Oc2c3c(c(O)c4ncccc24)C(=O)N(Cc2ccc(F)cc2)C3)CC1. The summed E-state index contributed by atoms with van der Waals surface area (Å²) in [6, 6.07) is 9.11. The van der Waals surface area contributed by atoms with Gasteiger partial charge in [-0.2, -0.15) is 0 Å². The first kappa shape index (κ1) is 28.7. The first-order valence-electron chi connectivity index (χ1n) is 13.3. The molecule has 2 aliphatic rings. The second-order valence-corrected chi connectivity index (χ2v) is 10.8. The lowest BCUT2D eigenvalue weighted by molar-refractivity contribution is 0.0764. The summed E-state index contributed by atoms with van der Waals surface area (Å²) in [6.45, 7) is 5.59. The number of phenolic OH excluding ortho intramolecular Hbond substituents is 1. The highest BCUT2D eigenvalue weighted by atomic mass is 31.2. The molecule has 13 heteroatoms.